The first-order valence-corrected chi connectivity index (χ1v) is 6.79. The van der Waals surface area contributed by atoms with Gasteiger partial charge in [0.1, 0.15) is 0 Å². The van der Waals surface area contributed by atoms with E-state index >= 15 is 0 Å². The lowest BCUT2D eigenvalue weighted by Gasteiger charge is -2.39. The minimum Gasteiger partial charge on any atom is -0.333 e. The molecule has 2 rings (SSSR count). The van der Waals surface area contributed by atoms with Crippen LogP contribution in [-0.4, -0.2) is 16.1 Å². The van der Waals surface area contributed by atoms with E-state index in [-0.39, 0.29) is 0 Å². The standard InChI is InChI=1S/C14H25N3/c1-12(2)7-15-8-13-9-16-11-17(13)10-14(3)5-4-6-14/h9,11-12,15H,4-8,10H2,1-3H3. The summed E-state index contributed by atoms with van der Waals surface area (Å²) in [5.74, 6) is 0.704. The highest BCUT2D eigenvalue weighted by Crippen LogP contribution is 2.41. The quantitative estimate of drug-likeness (QED) is 0.821. The summed E-state index contributed by atoms with van der Waals surface area (Å²) in [4.78, 5) is 4.29. The fourth-order valence-corrected chi connectivity index (χ4v) is 2.48. The summed E-state index contributed by atoms with van der Waals surface area (Å²) >= 11 is 0. The highest BCUT2D eigenvalue weighted by Gasteiger charge is 2.32. The van der Waals surface area contributed by atoms with E-state index in [9.17, 15) is 0 Å². The van der Waals surface area contributed by atoms with E-state index in [0.29, 0.717) is 11.3 Å². The molecule has 1 aromatic rings. The monoisotopic (exact) mass is 235 g/mol. The molecule has 1 heterocycles. The van der Waals surface area contributed by atoms with E-state index in [1.807, 2.05) is 12.5 Å². The summed E-state index contributed by atoms with van der Waals surface area (Å²) in [6.45, 7) is 10.0. The Morgan fingerprint density at radius 2 is 2.24 bits per heavy atom. The Hall–Kier alpha value is -0.830. The molecule has 17 heavy (non-hydrogen) atoms. The molecule has 0 aromatic carbocycles. The Morgan fingerprint density at radius 3 is 2.82 bits per heavy atom. The van der Waals surface area contributed by atoms with Crippen molar-refractivity contribution in [1.29, 1.82) is 0 Å². The van der Waals surface area contributed by atoms with Gasteiger partial charge in [-0.2, -0.15) is 0 Å². The fraction of sp³-hybridized carbons (Fsp3) is 0.786. The number of nitrogens with zero attached hydrogens (tertiary/aromatic N) is 2. The van der Waals surface area contributed by atoms with Crippen molar-refractivity contribution in [1.82, 2.24) is 14.9 Å². The van der Waals surface area contributed by atoms with Gasteiger partial charge >= 0.3 is 0 Å². The van der Waals surface area contributed by atoms with Gasteiger partial charge in [-0.05, 0) is 30.7 Å². The van der Waals surface area contributed by atoms with Crippen molar-refractivity contribution in [3.8, 4) is 0 Å². The summed E-state index contributed by atoms with van der Waals surface area (Å²) in [7, 11) is 0. The smallest absolute Gasteiger partial charge is 0.0948 e. The van der Waals surface area contributed by atoms with Crippen molar-refractivity contribution in [3.63, 3.8) is 0 Å². The van der Waals surface area contributed by atoms with E-state index in [1.165, 1.54) is 25.0 Å². The van der Waals surface area contributed by atoms with Crippen LogP contribution in [0.3, 0.4) is 0 Å². The third-order valence-corrected chi connectivity index (χ3v) is 3.77. The summed E-state index contributed by atoms with van der Waals surface area (Å²) in [5.41, 5.74) is 1.84. The molecule has 0 spiro atoms. The van der Waals surface area contributed by atoms with Crippen molar-refractivity contribution in [2.75, 3.05) is 6.54 Å². The third kappa shape index (κ3) is 3.32. The number of rotatable bonds is 6. The number of hydrogen-bond donors (Lipinski definition) is 1. The van der Waals surface area contributed by atoms with E-state index in [0.717, 1.165) is 19.6 Å². The van der Waals surface area contributed by atoms with Gasteiger partial charge in [0, 0.05) is 19.3 Å². The van der Waals surface area contributed by atoms with Gasteiger partial charge in [-0.3, -0.25) is 0 Å². The maximum absolute atomic E-state index is 4.29. The van der Waals surface area contributed by atoms with E-state index in [4.69, 9.17) is 0 Å². The van der Waals surface area contributed by atoms with Crippen LogP contribution in [0.25, 0.3) is 0 Å². The van der Waals surface area contributed by atoms with Crippen LogP contribution in [0.15, 0.2) is 12.5 Å². The molecular formula is C14H25N3. The van der Waals surface area contributed by atoms with Gasteiger partial charge < -0.3 is 9.88 Å². The van der Waals surface area contributed by atoms with Gasteiger partial charge in [-0.15, -0.1) is 0 Å². The average Bonchev–Trinajstić information content (AvgIpc) is 2.63. The normalized spacial score (nSPS) is 18.4. The topological polar surface area (TPSA) is 29.9 Å². The largest absolute Gasteiger partial charge is 0.333 e. The van der Waals surface area contributed by atoms with Gasteiger partial charge in [0.15, 0.2) is 0 Å². The first-order chi connectivity index (χ1) is 8.09. The minimum absolute atomic E-state index is 0.521. The van der Waals surface area contributed by atoms with Crippen LogP contribution < -0.4 is 5.32 Å². The molecule has 3 nitrogen and oxygen atoms in total. The first kappa shape index (κ1) is 12.6. The SMILES string of the molecule is CC(C)CNCc1cncn1CC1(C)CCC1. The van der Waals surface area contributed by atoms with Gasteiger partial charge in [-0.1, -0.05) is 27.2 Å². The van der Waals surface area contributed by atoms with Crippen LogP contribution in [-0.2, 0) is 13.1 Å². The second kappa shape index (κ2) is 5.21. The van der Waals surface area contributed by atoms with Gasteiger partial charge in [-0.25, -0.2) is 4.98 Å². The molecule has 1 aromatic heterocycles. The molecule has 1 aliphatic carbocycles. The molecule has 1 aliphatic rings. The van der Waals surface area contributed by atoms with Crippen LogP contribution >= 0.6 is 0 Å². The Bertz CT molecular complexity index is 350. The number of imidazole rings is 1. The molecule has 0 bridgehead atoms. The maximum atomic E-state index is 4.29. The second-order valence-electron chi connectivity index (χ2n) is 6.20. The lowest BCUT2D eigenvalue weighted by Crippen LogP contribution is -2.31. The molecule has 96 valence electrons. The third-order valence-electron chi connectivity index (χ3n) is 3.77. The van der Waals surface area contributed by atoms with E-state index in [1.54, 1.807) is 0 Å². The lowest BCUT2D eigenvalue weighted by atomic mass is 9.70. The minimum atomic E-state index is 0.521. The molecule has 1 N–H and O–H groups in total. The van der Waals surface area contributed by atoms with E-state index in [2.05, 4.69) is 35.6 Å². The maximum Gasteiger partial charge on any atom is 0.0948 e. The van der Waals surface area contributed by atoms with Crippen molar-refractivity contribution in [2.45, 2.75) is 53.1 Å². The molecule has 0 amide bonds. The molecule has 0 aliphatic heterocycles. The summed E-state index contributed by atoms with van der Waals surface area (Å²) < 4.78 is 2.33. The van der Waals surface area contributed by atoms with Crippen molar-refractivity contribution in [2.24, 2.45) is 11.3 Å². The lowest BCUT2D eigenvalue weighted by molar-refractivity contribution is 0.130. The predicted molar refractivity (Wildman–Crippen MR) is 70.7 cm³/mol. The summed E-state index contributed by atoms with van der Waals surface area (Å²) in [6, 6.07) is 0. The zero-order valence-corrected chi connectivity index (χ0v) is 11.4. The highest BCUT2D eigenvalue weighted by molar-refractivity contribution is 5.00. The van der Waals surface area contributed by atoms with Crippen LogP contribution in [0.4, 0.5) is 0 Å². The number of nitrogens with one attached hydrogen (secondary N) is 1. The Balaban J connectivity index is 1.87. The average molecular weight is 235 g/mol. The number of hydrogen-bond acceptors (Lipinski definition) is 2. The molecule has 1 fully saturated rings. The molecule has 0 saturated heterocycles. The Labute approximate surface area is 105 Å². The summed E-state index contributed by atoms with van der Waals surface area (Å²) in [5, 5.41) is 3.49. The molecule has 0 atom stereocenters. The second-order valence-corrected chi connectivity index (χ2v) is 6.20. The van der Waals surface area contributed by atoms with Crippen molar-refractivity contribution >= 4 is 0 Å². The van der Waals surface area contributed by atoms with Gasteiger partial charge in [0.2, 0.25) is 0 Å². The van der Waals surface area contributed by atoms with Crippen molar-refractivity contribution < 1.29 is 0 Å². The predicted octanol–water partition coefficient (Wildman–Crippen LogP) is 2.82. The molecule has 3 heteroatoms. The van der Waals surface area contributed by atoms with E-state index < -0.39 is 0 Å². The fourth-order valence-electron chi connectivity index (χ4n) is 2.48. The summed E-state index contributed by atoms with van der Waals surface area (Å²) in [6.07, 6.45) is 8.10. The van der Waals surface area contributed by atoms with Crippen LogP contribution in [0, 0.1) is 11.3 Å². The first-order valence-electron chi connectivity index (χ1n) is 6.79. The Kier molecular flexibility index (Phi) is 3.87. The van der Waals surface area contributed by atoms with Crippen LogP contribution in [0.2, 0.25) is 0 Å². The molecule has 0 radical (unpaired) electrons. The van der Waals surface area contributed by atoms with Gasteiger partial charge in [0.05, 0.1) is 12.0 Å². The van der Waals surface area contributed by atoms with Crippen molar-refractivity contribution in [3.05, 3.63) is 18.2 Å². The zero-order chi connectivity index (χ0) is 12.3. The molecule has 1 saturated carbocycles. The Morgan fingerprint density at radius 1 is 1.47 bits per heavy atom. The van der Waals surface area contributed by atoms with Crippen LogP contribution in [0.1, 0.15) is 45.7 Å². The van der Waals surface area contributed by atoms with Gasteiger partial charge in [0.25, 0.3) is 0 Å². The molecular weight excluding hydrogens is 210 g/mol. The molecule has 0 unspecified atom stereocenters. The van der Waals surface area contributed by atoms with Crippen LogP contribution in [0.5, 0.6) is 0 Å². The zero-order valence-electron chi connectivity index (χ0n) is 11.4. The highest BCUT2D eigenvalue weighted by atomic mass is 15.1. The number of aromatic nitrogens is 2.